The number of aromatic nitrogens is 1. The zero-order valence-electron chi connectivity index (χ0n) is 22.6. The molecule has 0 N–H and O–H groups in total. The van der Waals surface area contributed by atoms with Crippen LogP contribution in [0.25, 0.3) is 0 Å². The van der Waals surface area contributed by atoms with Crippen LogP contribution in [0.4, 0.5) is 0 Å². The van der Waals surface area contributed by atoms with E-state index in [-0.39, 0.29) is 30.3 Å². The molecule has 3 heterocycles. The lowest BCUT2D eigenvalue weighted by Gasteiger charge is -2.32. The van der Waals surface area contributed by atoms with Crippen LogP contribution in [-0.2, 0) is 21.4 Å². The van der Waals surface area contributed by atoms with Crippen molar-refractivity contribution in [1.29, 1.82) is 0 Å². The van der Waals surface area contributed by atoms with Crippen molar-refractivity contribution >= 4 is 17.5 Å². The molecular formula is C29H39N5O4. The van der Waals surface area contributed by atoms with Crippen LogP contribution in [-0.4, -0.2) is 89.9 Å². The molecule has 1 aromatic heterocycles. The van der Waals surface area contributed by atoms with Crippen molar-refractivity contribution in [2.24, 2.45) is 18.1 Å². The molecule has 38 heavy (non-hydrogen) atoms. The predicted molar refractivity (Wildman–Crippen MR) is 145 cm³/mol. The first-order chi connectivity index (χ1) is 18.5. The molecule has 1 saturated carbocycles. The van der Waals surface area contributed by atoms with Crippen molar-refractivity contribution < 1.29 is 19.1 Å². The van der Waals surface area contributed by atoms with E-state index in [0.29, 0.717) is 26.2 Å². The Morgan fingerprint density at radius 2 is 1.87 bits per heavy atom. The summed E-state index contributed by atoms with van der Waals surface area (Å²) in [6.45, 7) is 4.42. The lowest BCUT2D eigenvalue weighted by atomic mass is 9.99. The highest BCUT2D eigenvalue weighted by atomic mass is 16.5. The maximum absolute atomic E-state index is 14.0. The zero-order chi connectivity index (χ0) is 26.5. The number of aryl methyl sites for hydroxylation is 1. The maximum atomic E-state index is 14.0. The summed E-state index contributed by atoms with van der Waals surface area (Å²) in [7, 11) is 3.63. The van der Waals surface area contributed by atoms with Crippen molar-refractivity contribution in [3.63, 3.8) is 0 Å². The van der Waals surface area contributed by atoms with Gasteiger partial charge in [0, 0.05) is 57.3 Å². The van der Waals surface area contributed by atoms with E-state index < -0.39 is 0 Å². The van der Waals surface area contributed by atoms with E-state index in [9.17, 15) is 9.59 Å². The quantitative estimate of drug-likeness (QED) is 0.507. The molecule has 9 nitrogen and oxygen atoms in total. The smallest absolute Gasteiger partial charge is 0.262 e. The molecule has 1 aliphatic carbocycles. The second-order valence-electron chi connectivity index (χ2n) is 10.4. The molecule has 204 valence electrons. The topological polar surface area (TPSA) is 79.6 Å². The normalized spacial score (nSPS) is 20.5. The van der Waals surface area contributed by atoms with Crippen LogP contribution in [0.1, 0.15) is 49.4 Å². The van der Waals surface area contributed by atoms with E-state index in [1.165, 1.54) is 0 Å². The number of carbonyl (C=O) groups is 2. The van der Waals surface area contributed by atoms with Crippen LogP contribution < -0.4 is 4.74 Å². The number of benzene rings is 1. The molecule has 3 aliphatic rings. The molecular weight excluding hydrogens is 482 g/mol. The van der Waals surface area contributed by atoms with Gasteiger partial charge < -0.3 is 18.9 Å². The van der Waals surface area contributed by atoms with E-state index in [1.54, 1.807) is 17.0 Å². The molecule has 0 radical (unpaired) electrons. The third-order valence-electron chi connectivity index (χ3n) is 8.04. The Bertz CT molecular complexity index is 1150. The van der Waals surface area contributed by atoms with Crippen LogP contribution in [0.5, 0.6) is 5.75 Å². The minimum Gasteiger partial charge on any atom is -0.496 e. The summed E-state index contributed by atoms with van der Waals surface area (Å²) in [5.41, 5.74) is 2.74. The lowest BCUT2D eigenvalue weighted by molar-refractivity contribution is -0.144. The fraction of sp³-hybridized carbons (Fsp3) is 0.552. The van der Waals surface area contributed by atoms with Gasteiger partial charge in [0.2, 0.25) is 5.91 Å². The van der Waals surface area contributed by atoms with Crippen molar-refractivity contribution in [1.82, 2.24) is 19.4 Å². The monoisotopic (exact) mass is 521 g/mol. The molecule has 0 bridgehead atoms. The number of carbonyl (C=O) groups excluding carboxylic acids is 2. The summed E-state index contributed by atoms with van der Waals surface area (Å²) in [6.07, 6.45) is 6.53. The van der Waals surface area contributed by atoms with Gasteiger partial charge in [-0.25, -0.2) is 5.01 Å². The first-order valence-electron chi connectivity index (χ1n) is 13.8. The van der Waals surface area contributed by atoms with Gasteiger partial charge in [0.15, 0.2) is 0 Å². The van der Waals surface area contributed by atoms with E-state index in [4.69, 9.17) is 14.6 Å². The van der Waals surface area contributed by atoms with Gasteiger partial charge in [-0.15, -0.1) is 0 Å². The van der Waals surface area contributed by atoms with Gasteiger partial charge in [-0.05, 0) is 31.0 Å². The Kier molecular flexibility index (Phi) is 8.44. The summed E-state index contributed by atoms with van der Waals surface area (Å²) in [5.74, 6) is 0.672. The molecule has 1 saturated heterocycles. The summed E-state index contributed by atoms with van der Waals surface area (Å²) < 4.78 is 13.2. The summed E-state index contributed by atoms with van der Waals surface area (Å²) in [6, 6.07) is 11.5. The zero-order valence-corrected chi connectivity index (χ0v) is 22.6. The minimum atomic E-state index is -0.300. The Labute approximate surface area is 225 Å². The highest BCUT2D eigenvalue weighted by Gasteiger charge is 2.37. The second kappa shape index (κ2) is 12.1. The number of morpholine rings is 1. The number of hydrogen-bond acceptors (Lipinski definition) is 6. The van der Waals surface area contributed by atoms with Gasteiger partial charge in [-0.1, -0.05) is 31.0 Å². The van der Waals surface area contributed by atoms with Crippen LogP contribution in [0.3, 0.4) is 0 Å². The van der Waals surface area contributed by atoms with Crippen molar-refractivity contribution in [2.45, 2.75) is 38.1 Å². The molecule has 2 fully saturated rings. The van der Waals surface area contributed by atoms with Gasteiger partial charge in [-0.3, -0.25) is 14.5 Å². The third-order valence-corrected chi connectivity index (χ3v) is 8.04. The average Bonchev–Trinajstić information content (AvgIpc) is 3.72. The molecule has 2 amide bonds. The summed E-state index contributed by atoms with van der Waals surface area (Å²) >= 11 is 0. The summed E-state index contributed by atoms with van der Waals surface area (Å²) in [5, 5.41) is 6.43. The van der Waals surface area contributed by atoms with Gasteiger partial charge in [0.25, 0.3) is 5.91 Å². The Hall–Kier alpha value is -3.17. The lowest BCUT2D eigenvalue weighted by Crippen LogP contribution is -2.48. The van der Waals surface area contributed by atoms with Crippen molar-refractivity contribution in [3.05, 3.63) is 53.9 Å². The Balaban J connectivity index is 1.39. The molecule has 0 spiro atoms. The number of hydrazone groups is 1. The highest BCUT2D eigenvalue weighted by Crippen LogP contribution is 2.37. The SMILES string of the molecule is COc1ccccc1[C@@H]1CC(c2cccn2C)=NN1C(=O)CN(CCN1CCOCC1)C(=O)C1CCCC1. The minimum absolute atomic E-state index is 0.0125. The number of rotatable bonds is 9. The number of hydrogen-bond donors (Lipinski definition) is 0. The predicted octanol–water partition coefficient (Wildman–Crippen LogP) is 3.06. The van der Waals surface area contributed by atoms with Crippen molar-refractivity contribution in [2.75, 3.05) is 53.0 Å². The largest absolute Gasteiger partial charge is 0.496 e. The number of ether oxygens (including phenoxy) is 2. The van der Waals surface area contributed by atoms with Crippen LogP contribution in [0.2, 0.25) is 0 Å². The van der Waals surface area contributed by atoms with E-state index in [2.05, 4.69) is 4.90 Å². The first kappa shape index (κ1) is 26.4. The Morgan fingerprint density at radius 3 is 2.58 bits per heavy atom. The van der Waals surface area contributed by atoms with E-state index >= 15 is 0 Å². The fourth-order valence-electron chi connectivity index (χ4n) is 5.86. The first-order valence-corrected chi connectivity index (χ1v) is 13.8. The van der Waals surface area contributed by atoms with Gasteiger partial charge in [0.05, 0.1) is 37.8 Å². The number of methoxy groups -OCH3 is 1. The molecule has 5 rings (SSSR count). The fourth-order valence-corrected chi connectivity index (χ4v) is 5.86. The molecule has 1 atom stereocenters. The molecule has 0 unspecified atom stereocenters. The summed E-state index contributed by atoms with van der Waals surface area (Å²) in [4.78, 5) is 31.6. The van der Waals surface area contributed by atoms with E-state index in [1.807, 2.05) is 54.2 Å². The highest BCUT2D eigenvalue weighted by molar-refractivity contribution is 6.02. The van der Waals surface area contributed by atoms with Gasteiger partial charge >= 0.3 is 0 Å². The number of amides is 2. The Morgan fingerprint density at radius 1 is 1.11 bits per heavy atom. The van der Waals surface area contributed by atoms with Crippen LogP contribution >= 0.6 is 0 Å². The van der Waals surface area contributed by atoms with Gasteiger partial charge in [0.1, 0.15) is 12.3 Å². The molecule has 2 aliphatic heterocycles. The maximum Gasteiger partial charge on any atom is 0.262 e. The second-order valence-corrected chi connectivity index (χ2v) is 10.4. The molecule has 9 heteroatoms. The number of para-hydroxylation sites is 1. The van der Waals surface area contributed by atoms with E-state index in [0.717, 1.165) is 68.0 Å². The van der Waals surface area contributed by atoms with Crippen LogP contribution in [0, 0.1) is 5.92 Å². The third kappa shape index (κ3) is 5.78. The molecule has 2 aromatic rings. The van der Waals surface area contributed by atoms with Crippen LogP contribution in [0.15, 0.2) is 47.7 Å². The molecule has 1 aromatic carbocycles. The standard InChI is InChI=1S/C29H39N5O4/c1-31-13-7-11-25(31)24-20-26(23-10-5-6-12-27(23)37-2)34(30-24)28(35)21-33(29(36)22-8-3-4-9-22)15-14-32-16-18-38-19-17-32/h5-7,10-13,22,26H,3-4,8-9,14-21H2,1-2H3/t26-/m0/s1. The van der Waals surface area contributed by atoms with Gasteiger partial charge in [-0.2, -0.15) is 5.10 Å². The van der Waals surface area contributed by atoms with Crippen molar-refractivity contribution in [3.8, 4) is 5.75 Å². The number of nitrogens with zero attached hydrogens (tertiary/aromatic N) is 5. The average molecular weight is 522 g/mol.